The lowest BCUT2D eigenvalue weighted by atomic mass is 10.2. The van der Waals surface area contributed by atoms with E-state index in [9.17, 15) is 4.79 Å². The number of anilines is 1. The van der Waals surface area contributed by atoms with Crippen LogP contribution in [-0.4, -0.2) is 10.9 Å². The Morgan fingerprint density at radius 3 is 2.94 bits per heavy atom. The summed E-state index contributed by atoms with van der Waals surface area (Å²) in [6.45, 7) is 1.99. The predicted octanol–water partition coefficient (Wildman–Crippen LogP) is 2.09. The highest BCUT2D eigenvalue weighted by Crippen LogP contribution is 2.21. The van der Waals surface area contributed by atoms with Crippen LogP contribution in [-0.2, 0) is 4.79 Å². The van der Waals surface area contributed by atoms with Gasteiger partial charge in [0.1, 0.15) is 5.01 Å². The van der Waals surface area contributed by atoms with Gasteiger partial charge in [-0.05, 0) is 24.6 Å². The fraction of sp³-hybridized carbons (Fsp3) is 0.167. The summed E-state index contributed by atoms with van der Waals surface area (Å²) in [6.07, 6.45) is 1.66. The molecule has 1 amide bonds. The molecule has 88 valence electrons. The molecule has 0 aliphatic heterocycles. The lowest BCUT2D eigenvalue weighted by molar-refractivity contribution is -0.118. The molecule has 3 N–H and O–H groups in total. The van der Waals surface area contributed by atoms with Gasteiger partial charge in [0, 0.05) is 17.3 Å². The predicted molar refractivity (Wildman–Crippen MR) is 68.9 cm³/mol. The SMILES string of the molecule is Cc1cccc(NC(C(N)=O)c2nccs2)c1. The summed E-state index contributed by atoms with van der Waals surface area (Å²) in [7, 11) is 0. The standard InChI is InChI=1S/C12H13N3OS/c1-8-3-2-4-9(7-8)15-10(11(13)16)12-14-5-6-17-12/h2-7,10,15H,1H3,(H2,13,16). The average molecular weight is 247 g/mol. The number of rotatable bonds is 4. The maximum Gasteiger partial charge on any atom is 0.247 e. The molecule has 1 heterocycles. The van der Waals surface area contributed by atoms with Crippen LogP contribution in [0.2, 0.25) is 0 Å². The molecule has 0 saturated carbocycles. The van der Waals surface area contributed by atoms with Crippen LogP contribution in [0.4, 0.5) is 5.69 Å². The van der Waals surface area contributed by atoms with Crippen molar-refractivity contribution in [3.63, 3.8) is 0 Å². The zero-order valence-electron chi connectivity index (χ0n) is 9.38. The topological polar surface area (TPSA) is 68.0 Å². The fourth-order valence-electron chi connectivity index (χ4n) is 1.53. The highest BCUT2D eigenvalue weighted by molar-refractivity contribution is 7.09. The Hall–Kier alpha value is -1.88. The van der Waals surface area contributed by atoms with Crippen LogP contribution in [0.1, 0.15) is 16.6 Å². The Bertz CT molecular complexity index is 510. The third-order valence-corrected chi connectivity index (χ3v) is 3.15. The van der Waals surface area contributed by atoms with Crippen LogP contribution in [0.5, 0.6) is 0 Å². The van der Waals surface area contributed by atoms with Crippen LogP contribution in [0, 0.1) is 6.92 Å². The lowest BCUT2D eigenvalue weighted by Gasteiger charge is -2.14. The van der Waals surface area contributed by atoms with Gasteiger partial charge in [-0.15, -0.1) is 11.3 Å². The smallest absolute Gasteiger partial charge is 0.247 e. The van der Waals surface area contributed by atoms with Crippen LogP contribution >= 0.6 is 11.3 Å². The third kappa shape index (κ3) is 2.82. The number of benzene rings is 1. The first-order chi connectivity index (χ1) is 8.16. The summed E-state index contributed by atoms with van der Waals surface area (Å²) in [5.41, 5.74) is 7.37. The number of hydrogen-bond donors (Lipinski definition) is 2. The van der Waals surface area contributed by atoms with Crippen molar-refractivity contribution in [3.8, 4) is 0 Å². The van der Waals surface area contributed by atoms with Gasteiger partial charge in [0.15, 0.2) is 6.04 Å². The van der Waals surface area contributed by atoms with Crippen molar-refractivity contribution in [2.45, 2.75) is 13.0 Å². The number of carbonyl (C=O) groups excluding carboxylic acids is 1. The minimum Gasteiger partial charge on any atom is -0.368 e. The minimum atomic E-state index is -0.572. The Morgan fingerprint density at radius 1 is 1.53 bits per heavy atom. The van der Waals surface area contributed by atoms with Crippen LogP contribution in [0.25, 0.3) is 0 Å². The van der Waals surface area contributed by atoms with Crippen LogP contribution in [0.3, 0.4) is 0 Å². The van der Waals surface area contributed by atoms with E-state index in [1.165, 1.54) is 11.3 Å². The summed E-state index contributed by atoms with van der Waals surface area (Å²) in [6, 6.07) is 7.21. The van der Waals surface area contributed by atoms with Gasteiger partial charge in [0.2, 0.25) is 5.91 Å². The van der Waals surface area contributed by atoms with Gasteiger partial charge < -0.3 is 11.1 Å². The van der Waals surface area contributed by atoms with Crippen molar-refractivity contribution >= 4 is 22.9 Å². The molecule has 0 fully saturated rings. The quantitative estimate of drug-likeness (QED) is 0.869. The Morgan fingerprint density at radius 2 is 2.35 bits per heavy atom. The van der Waals surface area contributed by atoms with Crippen molar-refractivity contribution < 1.29 is 4.79 Å². The molecule has 2 rings (SSSR count). The third-order valence-electron chi connectivity index (χ3n) is 2.31. The zero-order valence-corrected chi connectivity index (χ0v) is 10.2. The number of nitrogens with two attached hydrogens (primary N) is 1. The number of nitrogens with one attached hydrogen (secondary N) is 1. The van der Waals surface area contributed by atoms with Gasteiger partial charge in [0.25, 0.3) is 0 Å². The van der Waals surface area contributed by atoms with Gasteiger partial charge in [-0.3, -0.25) is 4.79 Å². The Kier molecular flexibility index (Phi) is 3.39. The molecule has 0 saturated heterocycles. The van der Waals surface area contributed by atoms with E-state index in [2.05, 4.69) is 10.3 Å². The van der Waals surface area contributed by atoms with Crippen LogP contribution < -0.4 is 11.1 Å². The van der Waals surface area contributed by atoms with Crippen molar-refractivity contribution in [3.05, 3.63) is 46.4 Å². The minimum absolute atomic E-state index is 0.429. The highest BCUT2D eigenvalue weighted by Gasteiger charge is 2.19. The number of nitrogens with zero attached hydrogens (tertiary/aromatic N) is 1. The molecule has 1 atom stereocenters. The molecule has 0 spiro atoms. The van der Waals surface area contributed by atoms with Gasteiger partial charge in [-0.25, -0.2) is 4.98 Å². The van der Waals surface area contributed by atoms with E-state index in [1.54, 1.807) is 6.20 Å². The van der Waals surface area contributed by atoms with Gasteiger partial charge >= 0.3 is 0 Å². The summed E-state index contributed by atoms with van der Waals surface area (Å²) in [4.78, 5) is 15.5. The van der Waals surface area contributed by atoms with E-state index in [0.717, 1.165) is 11.3 Å². The number of hydrogen-bond acceptors (Lipinski definition) is 4. The molecule has 0 radical (unpaired) electrons. The molecular formula is C12H13N3OS. The molecule has 2 aromatic rings. The first-order valence-corrected chi connectivity index (χ1v) is 6.06. The largest absolute Gasteiger partial charge is 0.368 e. The maximum absolute atomic E-state index is 11.4. The summed E-state index contributed by atoms with van der Waals surface area (Å²) >= 11 is 1.41. The zero-order chi connectivity index (χ0) is 12.3. The average Bonchev–Trinajstić information content (AvgIpc) is 2.78. The normalized spacial score (nSPS) is 12.1. The number of primary amides is 1. The van der Waals surface area contributed by atoms with Crippen molar-refractivity contribution in [2.24, 2.45) is 5.73 Å². The van der Waals surface area contributed by atoms with E-state index in [1.807, 2.05) is 36.6 Å². The number of carbonyl (C=O) groups is 1. The second-order valence-electron chi connectivity index (χ2n) is 3.72. The van der Waals surface area contributed by atoms with E-state index in [4.69, 9.17) is 5.73 Å². The molecule has 1 aromatic carbocycles. The summed E-state index contributed by atoms with van der Waals surface area (Å²) < 4.78 is 0. The summed E-state index contributed by atoms with van der Waals surface area (Å²) in [5, 5.41) is 5.60. The van der Waals surface area contributed by atoms with E-state index in [0.29, 0.717) is 5.01 Å². The first kappa shape index (κ1) is 11.6. The van der Waals surface area contributed by atoms with Crippen molar-refractivity contribution in [2.75, 3.05) is 5.32 Å². The fourth-order valence-corrected chi connectivity index (χ4v) is 2.23. The molecule has 0 aliphatic carbocycles. The Balaban J connectivity index is 2.22. The van der Waals surface area contributed by atoms with E-state index in [-0.39, 0.29) is 0 Å². The number of amides is 1. The molecule has 17 heavy (non-hydrogen) atoms. The number of aromatic nitrogens is 1. The molecule has 0 aliphatic rings. The Labute approximate surface area is 103 Å². The lowest BCUT2D eigenvalue weighted by Crippen LogP contribution is -2.27. The van der Waals surface area contributed by atoms with Gasteiger partial charge in [-0.2, -0.15) is 0 Å². The first-order valence-electron chi connectivity index (χ1n) is 5.19. The monoisotopic (exact) mass is 247 g/mol. The molecule has 0 bridgehead atoms. The molecule has 1 aromatic heterocycles. The van der Waals surface area contributed by atoms with Crippen LogP contribution in [0.15, 0.2) is 35.8 Å². The highest BCUT2D eigenvalue weighted by atomic mass is 32.1. The molecule has 4 nitrogen and oxygen atoms in total. The van der Waals surface area contributed by atoms with Gasteiger partial charge in [0.05, 0.1) is 0 Å². The molecule has 5 heteroatoms. The second-order valence-corrected chi connectivity index (χ2v) is 4.65. The summed E-state index contributed by atoms with van der Waals surface area (Å²) in [5.74, 6) is -0.429. The van der Waals surface area contributed by atoms with Crippen molar-refractivity contribution in [1.29, 1.82) is 0 Å². The van der Waals surface area contributed by atoms with E-state index >= 15 is 0 Å². The van der Waals surface area contributed by atoms with E-state index < -0.39 is 11.9 Å². The van der Waals surface area contributed by atoms with Gasteiger partial charge in [-0.1, -0.05) is 12.1 Å². The second kappa shape index (κ2) is 4.97. The number of aryl methyl sites for hydroxylation is 1. The molecule has 1 unspecified atom stereocenters. The molecular weight excluding hydrogens is 234 g/mol. The number of thiazole rings is 1. The maximum atomic E-state index is 11.4. The van der Waals surface area contributed by atoms with Crippen molar-refractivity contribution in [1.82, 2.24) is 4.98 Å².